The monoisotopic (exact) mass is 254 g/mol. The lowest BCUT2D eigenvalue weighted by Crippen LogP contribution is -2.24. The number of allylic oxidation sites excluding steroid dienone is 4. The van der Waals surface area contributed by atoms with E-state index in [1.165, 1.54) is 12.2 Å². The van der Waals surface area contributed by atoms with Crippen LogP contribution in [0.3, 0.4) is 0 Å². The van der Waals surface area contributed by atoms with Gasteiger partial charge in [-0.25, -0.2) is 0 Å². The maximum absolute atomic E-state index is 12.4. The molecule has 1 aromatic carbocycles. The minimum absolute atomic E-state index is 0.00375. The Bertz CT molecular complexity index is 569. The highest BCUT2D eigenvalue weighted by Gasteiger charge is 2.29. The summed E-state index contributed by atoms with van der Waals surface area (Å²) < 4.78 is 0. The second-order valence-corrected chi connectivity index (χ2v) is 5.87. The van der Waals surface area contributed by atoms with E-state index in [0.29, 0.717) is 17.6 Å². The second-order valence-electron chi connectivity index (χ2n) is 5.87. The smallest absolute Gasteiger partial charge is 0.186 e. The summed E-state index contributed by atoms with van der Waals surface area (Å²) in [5.41, 5.74) is 1.93. The van der Waals surface area contributed by atoms with Crippen LogP contribution in [0.1, 0.15) is 26.3 Å². The molecule has 0 saturated carbocycles. The lowest BCUT2D eigenvalue weighted by molar-refractivity contribution is -0.116. The molecule has 2 rings (SSSR count). The zero-order valence-corrected chi connectivity index (χ0v) is 11.6. The third kappa shape index (κ3) is 3.08. The Morgan fingerprint density at radius 3 is 2.16 bits per heavy atom. The van der Waals surface area contributed by atoms with Crippen molar-refractivity contribution in [2.24, 2.45) is 5.41 Å². The lowest BCUT2D eigenvalue weighted by Gasteiger charge is -2.24. The molecule has 0 aromatic heterocycles. The van der Waals surface area contributed by atoms with Crippen LogP contribution in [-0.4, -0.2) is 11.6 Å². The molecule has 2 nitrogen and oxygen atoms in total. The number of ketones is 2. The molecule has 0 bridgehead atoms. The predicted molar refractivity (Wildman–Crippen MR) is 75.8 cm³/mol. The number of carbonyl (C=O) groups is 2. The van der Waals surface area contributed by atoms with Crippen LogP contribution in [-0.2, 0) is 16.0 Å². The van der Waals surface area contributed by atoms with Gasteiger partial charge in [0.2, 0.25) is 0 Å². The Hall–Kier alpha value is -1.96. The van der Waals surface area contributed by atoms with Gasteiger partial charge in [0.1, 0.15) is 0 Å². The van der Waals surface area contributed by atoms with Crippen LogP contribution in [0.5, 0.6) is 0 Å². The molecule has 0 aliphatic heterocycles. The topological polar surface area (TPSA) is 34.1 Å². The summed E-state index contributed by atoms with van der Waals surface area (Å²) in [5.74, 6) is -0.0913. The molecule has 2 heteroatoms. The van der Waals surface area contributed by atoms with E-state index in [1.54, 1.807) is 0 Å². The maximum atomic E-state index is 12.4. The molecule has 0 amide bonds. The molecule has 0 radical (unpaired) electrons. The van der Waals surface area contributed by atoms with Gasteiger partial charge in [0.05, 0.1) is 0 Å². The van der Waals surface area contributed by atoms with E-state index in [1.807, 2.05) is 51.1 Å². The first-order valence-electron chi connectivity index (χ1n) is 6.43. The molecule has 0 fully saturated rings. The molecule has 1 aliphatic rings. The van der Waals surface area contributed by atoms with E-state index < -0.39 is 0 Å². The number of Topliss-reactive ketones (excluding diaryl/α,β-unsaturated/α-hetero) is 1. The molecule has 0 saturated heterocycles. The lowest BCUT2D eigenvalue weighted by atomic mass is 9.78. The molecule has 0 atom stereocenters. The average molecular weight is 254 g/mol. The third-order valence-corrected chi connectivity index (χ3v) is 3.18. The van der Waals surface area contributed by atoms with Crippen molar-refractivity contribution in [1.29, 1.82) is 0 Å². The first-order valence-corrected chi connectivity index (χ1v) is 6.43. The third-order valence-electron chi connectivity index (χ3n) is 3.18. The summed E-state index contributed by atoms with van der Waals surface area (Å²) in [6.45, 7) is 5.86. The predicted octanol–water partition coefficient (Wildman–Crippen LogP) is 3.28. The number of hydrogen-bond acceptors (Lipinski definition) is 2. The minimum Gasteiger partial charge on any atom is -0.290 e. The van der Waals surface area contributed by atoms with Gasteiger partial charge in [-0.3, -0.25) is 9.59 Å². The van der Waals surface area contributed by atoms with E-state index in [0.717, 1.165) is 5.56 Å². The highest BCUT2D eigenvalue weighted by Crippen LogP contribution is 2.31. The molecule has 0 spiro atoms. The van der Waals surface area contributed by atoms with Crippen LogP contribution in [0, 0.1) is 5.41 Å². The van der Waals surface area contributed by atoms with E-state index in [-0.39, 0.29) is 17.0 Å². The minimum atomic E-state index is -0.303. The van der Waals surface area contributed by atoms with Gasteiger partial charge in [-0.1, -0.05) is 51.1 Å². The highest BCUT2D eigenvalue weighted by molar-refractivity contribution is 6.20. The molecule has 1 aliphatic carbocycles. The van der Waals surface area contributed by atoms with Crippen LogP contribution < -0.4 is 0 Å². The average Bonchev–Trinajstić information content (AvgIpc) is 2.33. The normalized spacial score (nSPS) is 16.2. The molecule has 19 heavy (non-hydrogen) atoms. The fraction of sp³-hybridized carbons (Fsp3) is 0.294. The quantitative estimate of drug-likeness (QED) is 0.759. The van der Waals surface area contributed by atoms with Gasteiger partial charge >= 0.3 is 0 Å². The standard InChI is InChI=1S/C17H18O2/c1-17(2,3)15-11-14(18)10-13(16(15)19)9-12-7-5-4-6-8-12/h4-8,10-11H,9H2,1-3H3. The summed E-state index contributed by atoms with van der Waals surface area (Å²) >= 11 is 0. The van der Waals surface area contributed by atoms with Gasteiger partial charge in [-0.2, -0.15) is 0 Å². The van der Waals surface area contributed by atoms with E-state index in [9.17, 15) is 9.59 Å². The summed E-state index contributed by atoms with van der Waals surface area (Å²) in [5, 5.41) is 0. The van der Waals surface area contributed by atoms with E-state index in [2.05, 4.69) is 0 Å². The van der Waals surface area contributed by atoms with Gasteiger partial charge < -0.3 is 0 Å². The van der Waals surface area contributed by atoms with E-state index in [4.69, 9.17) is 0 Å². The van der Waals surface area contributed by atoms with Crippen LogP contribution in [0.25, 0.3) is 0 Å². The van der Waals surface area contributed by atoms with Gasteiger partial charge in [0.25, 0.3) is 0 Å². The molecule has 1 aromatic rings. The summed E-state index contributed by atoms with van der Waals surface area (Å²) in [4.78, 5) is 24.2. The summed E-state index contributed by atoms with van der Waals surface area (Å²) in [6.07, 6.45) is 3.44. The Labute approximate surface area is 113 Å². The Morgan fingerprint density at radius 1 is 0.947 bits per heavy atom. The summed E-state index contributed by atoms with van der Waals surface area (Å²) in [7, 11) is 0. The van der Waals surface area contributed by atoms with Crippen LogP contribution in [0.15, 0.2) is 53.6 Å². The first-order chi connectivity index (χ1) is 8.88. The van der Waals surface area contributed by atoms with Crippen molar-refractivity contribution in [2.75, 3.05) is 0 Å². The van der Waals surface area contributed by atoms with Crippen molar-refractivity contribution in [3.05, 3.63) is 59.2 Å². The van der Waals surface area contributed by atoms with Crippen LogP contribution in [0.4, 0.5) is 0 Å². The fourth-order valence-corrected chi connectivity index (χ4v) is 2.16. The summed E-state index contributed by atoms with van der Waals surface area (Å²) in [6, 6.07) is 9.74. The molecule has 98 valence electrons. The number of rotatable bonds is 2. The Kier molecular flexibility index (Phi) is 3.52. The van der Waals surface area contributed by atoms with Crippen molar-refractivity contribution in [3.63, 3.8) is 0 Å². The van der Waals surface area contributed by atoms with Gasteiger partial charge in [0.15, 0.2) is 11.6 Å². The number of hydrogen-bond donors (Lipinski definition) is 0. The Balaban J connectivity index is 2.28. The van der Waals surface area contributed by atoms with Crippen LogP contribution >= 0.6 is 0 Å². The molecular formula is C17H18O2. The van der Waals surface area contributed by atoms with Crippen LogP contribution in [0.2, 0.25) is 0 Å². The fourth-order valence-electron chi connectivity index (χ4n) is 2.16. The second kappa shape index (κ2) is 4.96. The van der Waals surface area contributed by atoms with Gasteiger partial charge in [0, 0.05) is 17.6 Å². The first kappa shape index (κ1) is 13.5. The zero-order chi connectivity index (χ0) is 14.0. The molecule has 0 N–H and O–H groups in total. The number of carbonyl (C=O) groups excluding carboxylic acids is 2. The molecular weight excluding hydrogens is 236 g/mol. The molecule has 0 heterocycles. The van der Waals surface area contributed by atoms with Crippen molar-refractivity contribution < 1.29 is 9.59 Å². The SMILES string of the molecule is CC(C)(C)C1=CC(=O)C=C(Cc2ccccc2)C1=O. The van der Waals surface area contributed by atoms with Crippen molar-refractivity contribution in [1.82, 2.24) is 0 Å². The van der Waals surface area contributed by atoms with E-state index >= 15 is 0 Å². The van der Waals surface area contributed by atoms with Crippen molar-refractivity contribution >= 4 is 11.6 Å². The van der Waals surface area contributed by atoms with Gasteiger partial charge in [-0.05, 0) is 23.1 Å². The molecule has 0 unspecified atom stereocenters. The van der Waals surface area contributed by atoms with Crippen molar-refractivity contribution in [3.8, 4) is 0 Å². The largest absolute Gasteiger partial charge is 0.290 e. The maximum Gasteiger partial charge on any atom is 0.186 e. The number of benzene rings is 1. The van der Waals surface area contributed by atoms with Gasteiger partial charge in [-0.15, -0.1) is 0 Å². The Morgan fingerprint density at radius 2 is 1.58 bits per heavy atom. The van der Waals surface area contributed by atoms with Crippen molar-refractivity contribution in [2.45, 2.75) is 27.2 Å². The highest BCUT2D eigenvalue weighted by atomic mass is 16.1. The zero-order valence-electron chi connectivity index (χ0n) is 11.6.